The molecular weight excluding hydrogens is 567 g/mol. The van der Waals surface area contributed by atoms with Gasteiger partial charge in [0.1, 0.15) is 11.6 Å². The molecule has 0 fully saturated rings. The third-order valence-electron chi connectivity index (χ3n) is 7.17. The van der Waals surface area contributed by atoms with Crippen LogP contribution < -0.4 is 4.74 Å². The highest BCUT2D eigenvalue weighted by atomic mass is 32.1. The van der Waals surface area contributed by atoms with E-state index in [2.05, 4.69) is 70.2 Å². The zero-order valence-corrected chi connectivity index (χ0v) is 24.9. The second-order valence-corrected chi connectivity index (χ2v) is 11.0. The van der Waals surface area contributed by atoms with Crippen molar-refractivity contribution >= 4 is 12.6 Å². The third kappa shape index (κ3) is 8.30. The van der Waals surface area contributed by atoms with Gasteiger partial charge >= 0.3 is 6.36 Å². The Morgan fingerprint density at radius 2 is 1.30 bits per heavy atom. The highest BCUT2D eigenvalue weighted by molar-refractivity contribution is 7.80. The highest BCUT2D eigenvalue weighted by Gasteiger charge is 2.31. The molecule has 1 aromatic heterocycles. The Bertz CT molecular complexity index is 1590. The smallest absolute Gasteiger partial charge is 0.406 e. The molecule has 5 rings (SSSR count). The number of thiol groups is 1. The van der Waals surface area contributed by atoms with Crippen molar-refractivity contribution in [3.63, 3.8) is 0 Å². The second-order valence-electron chi connectivity index (χ2n) is 10.5. The van der Waals surface area contributed by atoms with Gasteiger partial charge in [-0.15, -0.1) is 25.8 Å². The predicted molar refractivity (Wildman–Crippen MR) is 168 cm³/mol. The zero-order chi connectivity index (χ0) is 30.2. The van der Waals surface area contributed by atoms with Gasteiger partial charge in [-0.3, -0.25) is 4.90 Å². The maximum atomic E-state index is 12.7. The number of alkyl halides is 3. The number of ether oxygens (including phenoxy) is 1. The minimum atomic E-state index is -4.73. The minimum absolute atomic E-state index is 0.233. The molecule has 4 nitrogen and oxygen atoms in total. The van der Waals surface area contributed by atoms with E-state index in [9.17, 15) is 13.2 Å². The number of rotatable bonds is 12. The van der Waals surface area contributed by atoms with Crippen LogP contribution in [0.3, 0.4) is 0 Å². The average Bonchev–Trinajstić information content (AvgIpc) is 3.36. The fraction of sp³-hybridized carbons (Fsp3) is 0.229. The van der Waals surface area contributed by atoms with Gasteiger partial charge in [0.2, 0.25) is 0 Å². The van der Waals surface area contributed by atoms with E-state index in [-0.39, 0.29) is 5.75 Å². The highest BCUT2D eigenvalue weighted by Crippen LogP contribution is 2.32. The molecule has 0 radical (unpaired) electrons. The maximum absolute atomic E-state index is 12.7. The topological polar surface area (TPSA) is 30.3 Å². The van der Waals surface area contributed by atoms with E-state index in [0.717, 1.165) is 63.7 Å². The molecule has 0 N–H and O–H groups in total. The van der Waals surface area contributed by atoms with Gasteiger partial charge in [-0.1, -0.05) is 98.3 Å². The summed E-state index contributed by atoms with van der Waals surface area (Å²) < 4.78 is 44.7. The summed E-state index contributed by atoms with van der Waals surface area (Å²) in [6, 6.07) is 34.6. The van der Waals surface area contributed by atoms with Gasteiger partial charge in [-0.25, -0.2) is 4.98 Å². The summed E-state index contributed by atoms with van der Waals surface area (Å²) in [5.74, 6) is 0.694. The Hall–Kier alpha value is -4.01. The van der Waals surface area contributed by atoms with E-state index in [0.29, 0.717) is 19.6 Å². The molecule has 0 unspecified atom stereocenters. The van der Waals surface area contributed by atoms with Crippen LogP contribution in [0.5, 0.6) is 5.75 Å². The lowest BCUT2D eigenvalue weighted by Crippen LogP contribution is -2.24. The molecule has 0 spiro atoms. The van der Waals surface area contributed by atoms with Crippen LogP contribution in [-0.4, -0.2) is 20.8 Å². The number of halogens is 3. The second kappa shape index (κ2) is 14.0. The van der Waals surface area contributed by atoms with Crippen molar-refractivity contribution in [1.82, 2.24) is 14.5 Å². The van der Waals surface area contributed by atoms with Gasteiger partial charge in [-0.05, 0) is 41.8 Å². The molecule has 0 bridgehead atoms. The molecule has 0 saturated heterocycles. The molecule has 0 aliphatic rings. The lowest BCUT2D eigenvalue weighted by atomic mass is 10.1. The normalized spacial score (nSPS) is 11.7. The molecule has 8 heteroatoms. The van der Waals surface area contributed by atoms with Crippen molar-refractivity contribution < 1.29 is 17.9 Å². The van der Waals surface area contributed by atoms with Gasteiger partial charge in [0, 0.05) is 42.2 Å². The van der Waals surface area contributed by atoms with Gasteiger partial charge < -0.3 is 9.30 Å². The van der Waals surface area contributed by atoms with Gasteiger partial charge in [0.15, 0.2) is 0 Å². The van der Waals surface area contributed by atoms with Gasteiger partial charge in [-0.2, -0.15) is 0 Å². The molecular formula is C35H34F3N3OS. The van der Waals surface area contributed by atoms with Crippen LogP contribution in [0.2, 0.25) is 0 Å². The van der Waals surface area contributed by atoms with E-state index in [1.54, 1.807) is 12.1 Å². The molecule has 0 aliphatic carbocycles. The number of benzene rings is 4. The molecule has 0 saturated carbocycles. The fourth-order valence-corrected chi connectivity index (χ4v) is 5.28. The van der Waals surface area contributed by atoms with Crippen molar-refractivity contribution in [2.75, 3.05) is 0 Å². The Labute approximate surface area is 256 Å². The number of imidazole rings is 1. The SMILES string of the molecule is CCCCn1c(-c2ccccc2)nc(-c2ccccc2)c1CN(Cc1ccc(S)cc1)Cc1ccc(OC(F)(F)F)cc1. The van der Waals surface area contributed by atoms with E-state index in [1.165, 1.54) is 12.1 Å². The summed E-state index contributed by atoms with van der Waals surface area (Å²) in [5, 5.41) is 0. The quantitative estimate of drug-likeness (QED) is 0.145. The average molecular weight is 602 g/mol. The monoisotopic (exact) mass is 601 g/mol. The van der Waals surface area contributed by atoms with E-state index < -0.39 is 6.36 Å². The number of hydrogen-bond acceptors (Lipinski definition) is 4. The van der Waals surface area contributed by atoms with Crippen LogP contribution in [0.4, 0.5) is 13.2 Å². The first kappa shape index (κ1) is 30.4. The molecule has 0 aliphatic heterocycles. The molecule has 1 heterocycles. The summed E-state index contributed by atoms with van der Waals surface area (Å²) in [6.07, 6.45) is -2.69. The first-order chi connectivity index (χ1) is 20.8. The maximum Gasteiger partial charge on any atom is 0.573 e. The lowest BCUT2D eigenvalue weighted by molar-refractivity contribution is -0.274. The van der Waals surface area contributed by atoms with Crippen LogP contribution in [-0.2, 0) is 26.2 Å². The van der Waals surface area contributed by atoms with Crippen molar-refractivity contribution in [3.8, 4) is 28.4 Å². The Kier molecular flexibility index (Phi) is 9.89. The predicted octanol–water partition coefficient (Wildman–Crippen LogP) is 9.41. The van der Waals surface area contributed by atoms with Crippen molar-refractivity contribution in [3.05, 3.63) is 126 Å². The van der Waals surface area contributed by atoms with Crippen molar-refractivity contribution in [1.29, 1.82) is 0 Å². The summed E-state index contributed by atoms with van der Waals surface area (Å²) in [7, 11) is 0. The van der Waals surface area contributed by atoms with Crippen LogP contribution in [0.25, 0.3) is 22.6 Å². The lowest BCUT2D eigenvalue weighted by Gasteiger charge is -2.25. The van der Waals surface area contributed by atoms with Crippen LogP contribution >= 0.6 is 12.6 Å². The Morgan fingerprint density at radius 1 is 0.744 bits per heavy atom. The van der Waals surface area contributed by atoms with Crippen molar-refractivity contribution in [2.24, 2.45) is 0 Å². The fourth-order valence-electron chi connectivity index (χ4n) is 5.13. The number of nitrogens with zero attached hydrogens (tertiary/aromatic N) is 3. The molecule has 4 aromatic carbocycles. The molecule has 0 amide bonds. The zero-order valence-electron chi connectivity index (χ0n) is 24.0. The minimum Gasteiger partial charge on any atom is -0.406 e. The summed E-state index contributed by atoms with van der Waals surface area (Å²) in [6.45, 7) is 4.73. The number of aromatic nitrogens is 2. The first-order valence-corrected chi connectivity index (χ1v) is 14.8. The summed E-state index contributed by atoms with van der Waals surface area (Å²) in [5.41, 5.74) is 6.11. The van der Waals surface area contributed by atoms with E-state index in [1.807, 2.05) is 48.5 Å². The van der Waals surface area contributed by atoms with Crippen molar-refractivity contribution in [2.45, 2.75) is 57.2 Å². The molecule has 43 heavy (non-hydrogen) atoms. The van der Waals surface area contributed by atoms with Crippen LogP contribution in [0.1, 0.15) is 36.6 Å². The number of hydrogen-bond donors (Lipinski definition) is 1. The Morgan fingerprint density at radius 3 is 1.86 bits per heavy atom. The standard InChI is InChI=1S/C35H34F3N3OS/c1-2-3-22-41-32(33(28-10-6-4-7-11-28)39-34(41)29-12-8-5-9-13-29)25-40(24-27-16-20-31(43)21-17-27)23-26-14-18-30(19-15-26)42-35(36,37)38/h4-21,43H,2-3,22-25H2,1H3. The third-order valence-corrected chi connectivity index (χ3v) is 7.46. The van der Waals surface area contributed by atoms with Crippen LogP contribution in [0.15, 0.2) is 114 Å². The van der Waals surface area contributed by atoms with Crippen LogP contribution in [0, 0.1) is 0 Å². The summed E-state index contributed by atoms with van der Waals surface area (Å²) >= 11 is 4.44. The molecule has 222 valence electrons. The van der Waals surface area contributed by atoms with E-state index in [4.69, 9.17) is 4.98 Å². The molecule has 0 atom stereocenters. The largest absolute Gasteiger partial charge is 0.573 e. The Balaban J connectivity index is 1.56. The van der Waals surface area contributed by atoms with E-state index >= 15 is 0 Å². The van der Waals surface area contributed by atoms with Gasteiger partial charge in [0.25, 0.3) is 0 Å². The van der Waals surface area contributed by atoms with Gasteiger partial charge in [0.05, 0.1) is 11.4 Å². The summed E-state index contributed by atoms with van der Waals surface area (Å²) in [4.78, 5) is 8.41. The molecule has 5 aromatic rings. The number of unbranched alkanes of at least 4 members (excludes halogenated alkanes) is 1. The first-order valence-electron chi connectivity index (χ1n) is 14.3.